The molecule has 20 heavy (non-hydrogen) atoms. The number of rotatable bonds is 3. The number of ether oxygens (including phenoxy) is 1. The fraction of sp³-hybridized carbons (Fsp3) is 0.667. The highest BCUT2D eigenvalue weighted by molar-refractivity contribution is 5.42. The fourth-order valence-electron chi connectivity index (χ4n) is 3.21. The van der Waals surface area contributed by atoms with Gasteiger partial charge in [0.15, 0.2) is 0 Å². The summed E-state index contributed by atoms with van der Waals surface area (Å²) < 4.78 is 6.32. The van der Waals surface area contributed by atoms with Crippen LogP contribution in [0.25, 0.3) is 0 Å². The molecule has 0 spiro atoms. The molecule has 0 aromatic heterocycles. The lowest BCUT2D eigenvalue weighted by Gasteiger charge is -2.36. The summed E-state index contributed by atoms with van der Waals surface area (Å²) >= 11 is 0. The van der Waals surface area contributed by atoms with E-state index in [0.29, 0.717) is 5.92 Å². The number of nitrogens with two attached hydrogens (primary N) is 1. The van der Waals surface area contributed by atoms with E-state index in [1.807, 2.05) is 0 Å². The van der Waals surface area contributed by atoms with Gasteiger partial charge in [-0.2, -0.15) is 0 Å². The number of benzene rings is 1. The Balaban J connectivity index is 2.15. The van der Waals surface area contributed by atoms with Crippen molar-refractivity contribution < 1.29 is 4.74 Å². The summed E-state index contributed by atoms with van der Waals surface area (Å²) in [6.45, 7) is 11.0. The minimum atomic E-state index is 0.163. The Morgan fingerprint density at radius 2 is 1.85 bits per heavy atom. The van der Waals surface area contributed by atoms with E-state index in [1.54, 1.807) is 0 Å². The van der Waals surface area contributed by atoms with Crippen molar-refractivity contribution in [3.05, 3.63) is 28.8 Å². The van der Waals surface area contributed by atoms with E-state index in [0.717, 1.165) is 24.5 Å². The first kappa shape index (κ1) is 15.4. The first-order chi connectivity index (χ1) is 9.38. The smallest absolute Gasteiger partial charge is 0.123 e. The van der Waals surface area contributed by atoms with Crippen molar-refractivity contribution in [1.29, 1.82) is 0 Å². The average Bonchev–Trinajstić information content (AvgIpc) is 2.37. The van der Waals surface area contributed by atoms with Crippen molar-refractivity contribution in [3.8, 4) is 5.75 Å². The van der Waals surface area contributed by atoms with Gasteiger partial charge in [-0.15, -0.1) is 0 Å². The lowest BCUT2D eigenvalue weighted by atomic mass is 9.78. The molecule has 2 heteroatoms. The number of aryl methyl sites for hydroxylation is 2. The normalized spacial score (nSPS) is 26.9. The van der Waals surface area contributed by atoms with Gasteiger partial charge in [0.05, 0.1) is 0 Å². The molecule has 2 rings (SSSR count). The Morgan fingerprint density at radius 3 is 2.50 bits per heavy atom. The van der Waals surface area contributed by atoms with Crippen LogP contribution in [0.4, 0.5) is 0 Å². The standard InChI is InChI=1S/C18H29NO/c1-11(2)15-6-7-16(19)18(10-15)20-17-9-12(3)8-13(4)14(17)5/h8-9,11,15-16,18H,6-7,10,19H2,1-5H3. The van der Waals surface area contributed by atoms with Crippen LogP contribution < -0.4 is 10.5 Å². The van der Waals surface area contributed by atoms with Gasteiger partial charge in [-0.25, -0.2) is 0 Å². The Kier molecular flexibility index (Phi) is 4.74. The molecule has 3 atom stereocenters. The van der Waals surface area contributed by atoms with E-state index >= 15 is 0 Å². The van der Waals surface area contributed by atoms with Gasteiger partial charge in [-0.3, -0.25) is 0 Å². The summed E-state index contributed by atoms with van der Waals surface area (Å²) in [6, 6.07) is 4.53. The van der Waals surface area contributed by atoms with Crippen molar-refractivity contribution in [3.63, 3.8) is 0 Å². The molecule has 0 radical (unpaired) electrons. The van der Waals surface area contributed by atoms with Gasteiger partial charge in [0.1, 0.15) is 11.9 Å². The first-order valence-electron chi connectivity index (χ1n) is 7.88. The molecular formula is C18H29NO. The topological polar surface area (TPSA) is 35.2 Å². The summed E-state index contributed by atoms with van der Waals surface area (Å²) in [6.07, 6.45) is 3.57. The molecule has 0 aliphatic heterocycles. The summed E-state index contributed by atoms with van der Waals surface area (Å²) in [5, 5.41) is 0. The average molecular weight is 275 g/mol. The lowest BCUT2D eigenvalue weighted by molar-refractivity contribution is 0.0861. The van der Waals surface area contributed by atoms with Crippen LogP contribution >= 0.6 is 0 Å². The molecule has 0 saturated heterocycles. The van der Waals surface area contributed by atoms with E-state index in [4.69, 9.17) is 10.5 Å². The first-order valence-corrected chi connectivity index (χ1v) is 7.88. The monoisotopic (exact) mass is 275 g/mol. The van der Waals surface area contributed by atoms with Crippen LogP contribution in [-0.2, 0) is 0 Å². The molecule has 1 aliphatic rings. The van der Waals surface area contributed by atoms with Crippen LogP contribution in [0, 0.1) is 32.6 Å². The Morgan fingerprint density at radius 1 is 1.15 bits per heavy atom. The largest absolute Gasteiger partial charge is 0.489 e. The number of hydrogen-bond acceptors (Lipinski definition) is 2. The molecule has 1 aliphatic carbocycles. The predicted octanol–water partition coefficient (Wildman–Crippen LogP) is 4.14. The van der Waals surface area contributed by atoms with Crippen LogP contribution in [0.5, 0.6) is 5.75 Å². The Labute approximate surface area is 123 Å². The molecule has 1 saturated carbocycles. The Bertz CT molecular complexity index is 467. The molecule has 0 heterocycles. The molecule has 0 bridgehead atoms. The summed E-state index contributed by atoms with van der Waals surface area (Å²) in [7, 11) is 0. The fourth-order valence-corrected chi connectivity index (χ4v) is 3.21. The molecule has 1 aromatic carbocycles. The minimum Gasteiger partial charge on any atom is -0.489 e. The van der Waals surface area contributed by atoms with Gasteiger partial charge in [-0.05, 0) is 74.6 Å². The molecule has 1 fully saturated rings. The van der Waals surface area contributed by atoms with Crippen LogP contribution in [0.2, 0.25) is 0 Å². The predicted molar refractivity (Wildman–Crippen MR) is 85.2 cm³/mol. The zero-order chi connectivity index (χ0) is 14.9. The SMILES string of the molecule is Cc1cc(C)c(C)c(OC2CC(C(C)C)CCC2N)c1. The quantitative estimate of drug-likeness (QED) is 0.899. The zero-order valence-corrected chi connectivity index (χ0v) is 13.6. The molecule has 2 N–H and O–H groups in total. The zero-order valence-electron chi connectivity index (χ0n) is 13.6. The maximum absolute atomic E-state index is 6.32. The van der Waals surface area contributed by atoms with Crippen molar-refractivity contribution in [2.75, 3.05) is 0 Å². The highest BCUT2D eigenvalue weighted by Crippen LogP contribution is 2.33. The Hall–Kier alpha value is -1.02. The van der Waals surface area contributed by atoms with Crippen molar-refractivity contribution >= 4 is 0 Å². The summed E-state index contributed by atoms with van der Waals surface area (Å²) in [5.41, 5.74) is 10.1. The van der Waals surface area contributed by atoms with Gasteiger partial charge in [0.25, 0.3) is 0 Å². The maximum atomic E-state index is 6.32. The molecule has 0 amide bonds. The van der Waals surface area contributed by atoms with E-state index in [-0.39, 0.29) is 12.1 Å². The second-order valence-electron chi connectivity index (χ2n) is 6.84. The summed E-state index contributed by atoms with van der Waals surface area (Å²) in [5.74, 6) is 2.48. The van der Waals surface area contributed by atoms with E-state index in [9.17, 15) is 0 Å². The highest BCUT2D eigenvalue weighted by Gasteiger charge is 2.31. The third-order valence-corrected chi connectivity index (χ3v) is 4.87. The molecule has 1 aromatic rings. The van der Waals surface area contributed by atoms with Gasteiger partial charge in [0, 0.05) is 6.04 Å². The van der Waals surface area contributed by atoms with Gasteiger partial charge >= 0.3 is 0 Å². The third-order valence-electron chi connectivity index (χ3n) is 4.87. The van der Waals surface area contributed by atoms with Crippen LogP contribution in [0.1, 0.15) is 49.8 Å². The highest BCUT2D eigenvalue weighted by atomic mass is 16.5. The van der Waals surface area contributed by atoms with Gasteiger partial charge in [-0.1, -0.05) is 19.9 Å². The lowest BCUT2D eigenvalue weighted by Crippen LogP contribution is -2.44. The van der Waals surface area contributed by atoms with Crippen molar-refractivity contribution in [2.45, 2.75) is 66.0 Å². The molecule has 2 nitrogen and oxygen atoms in total. The molecular weight excluding hydrogens is 246 g/mol. The van der Waals surface area contributed by atoms with Gasteiger partial charge in [0.2, 0.25) is 0 Å². The van der Waals surface area contributed by atoms with Crippen molar-refractivity contribution in [1.82, 2.24) is 0 Å². The van der Waals surface area contributed by atoms with Crippen LogP contribution in [0.3, 0.4) is 0 Å². The third kappa shape index (κ3) is 3.35. The number of hydrogen-bond donors (Lipinski definition) is 1. The second kappa shape index (κ2) is 6.17. The van der Waals surface area contributed by atoms with Crippen LogP contribution in [0.15, 0.2) is 12.1 Å². The maximum Gasteiger partial charge on any atom is 0.123 e. The summed E-state index contributed by atoms with van der Waals surface area (Å²) in [4.78, 5) is 0. The minimum absolute atomic E-state index is 0.163. The molecule has 3 unspecified atom stereocenters. The second-order valence-corrected chi connectivity index (χ2v) is 6.84. The van der Waals surface area contributed by atoms with E-state index < -0.39 is 0 Å². The van der Waals surface area contributed by atoms with E-state index in [2.05, 4.69) is 46.8 Å². The van der Waals surface area contributed by atoms with Gasteiger partial charge < -0.3 is 10.5 Å². The van der Waals surface area contributed by atoms with Crippen LogP contribution in [-0.4, -0.2) is 12.1 Å². The molecule has 112 valence electrons. The van der Waals surface area contributed by atoms with E-state index in [1.165, 1.54) is 23.1 Å². The van der Waals surface area contributed by atoms with Crippen molar-refractivity contribution in [2.24, 2.45) is 17.6 Å².